The molecule has 0 aliphatic heterocycles. The van der Waals surface area contributed by atoms with E-state index in [2.05, 4.69) is 10.2 Å². The van der Waals surface area contributed by atoms with E-state index >= 15 is 0 Å². The van der Waals surface area contributed by atoms with Crippen molar-refractivity contribution in [1.29, 1.82) is 0 Å². The number of fused-ring (bicyclic) bond motifs is 1. The van der Waals surface area contributed by atoms with Crippen molar-refractivity contribution in [3.63, 3.8) is 0 Å². The van der Waals surface area contributed by atoms with Crippen molar-refractivity contribution in [1.82, 2.24) is 19.6 Å². The number of hydrogen-bond donors (Lipinski definition) is 1. The minimum atomic E-state index is -0.982. The van der Waals surface area contributed by atoms with Gasteiger partial charge in [0.2, 0.25) is 0 Å². The molecule has 3 heterocycles. The lowest BCUT2D eigenvalue weighted by molar-refractivity contribution is 0.0982. The molecule has 0 saturated carbocycles. The number of benzene rings is 2. The Morgan fingerprint density at radius 1 is 1.14 bits per heavy atom. The number of allylic oxidation sites excluding steroid dienone is 1. The Kier molecular flexibility index (Phi) is 6.43. The van der Waals surface area contributed by atoms with Gasteiger partial charge < -0.3 is 4.42 Å². The van der Waals surface area contributed by atoms with Crippen LogP contribution in [0.1, 0.15) is 40.0 Å². The number of halogens is 2. The SMILES string of the molecule is Cc1c(C(=O)CC/C=C\c2ccc3c(-c4ccco4)n[nH]c3c2)c(=O)n(Cc2ccc(F)c(F)c2)n1C. The smallest absolute Gasteiger partial charge is 0.278 e. The molecular formula is C28H24F2N4O3. The van der Waals surface area contributed by atoms with Gasteiger partial charge in [0, 0.05) is 24.5 Å². The molecule has 0 radical (unpaired) electrons. The molecule has 0 aliphatic carbocycles. The van der Waals surface area contributed by atoms with E-state index in [1.54, 1.807) is 24.9 Å². The summed E-state index contributed by atoms with van der Waals surface area (Å²) < 4.78 is 35.2. The number of furan rings is 1. The Hall–Kier alpha value is -4.53. The van der Waals surface area contributed by atoms with Crippen LogP contribution in [-0.4, -0.2) is 25.3 Å². The monoisotopic (exact) mass is 502 g/mol. The van der Waals surface area contributed by atoms with Crippen LogP contribution >= 0.6 is 0 Å². The number of ketones is 1. The highest BCUT2D eigenvalue weighted by atomic mass is 19.2. The zero-order chi connectivity index (χ0) is 26.1. The Morgan fingerprint density at radius 3 is 2.73 bits per heavy atom. The third kappa shape index (κ3) is 4.67. The zero-order valence-electron chi connectivity index (χ0n) is 20.3. The minimum Gasteiger partial charge on any atom is -0.463 e. The molecule has 9 heteroatoms. The Morgan fingerprint density at radius 2 is 1.97 bits per heavy atom. The van der Waals surface area contributed by atoms with Crippen molar-refractivity contribution < 1.29 is 18.0 Å². The topological polar surface area (TPSA) is 85.8 Å². The Bertz CT molecular complexity index is 1690. The zero-order valence-corrected chi connectivity index (χ0v) is 20.3. The fourth-order valence-electron chi connectivity index (χ4n) is 4.37. The Labute approximate surface area is 210 Å². The number of hydrogen-bond acceptors (Lipinski definition) is 4. The fraction of sp³-hybridized carbons (Fsp3) is 0.179. The van der Waals surface area contributed by atoms with Gasteiger partial charge in [-0.3, -0.25) is 19.4 Å². The molecule has 188 valence electrons. The lowest BCUT2D eigenvalue weighted by Crippen LogP contribution is -2.25. The first-order valence-corrected chi connectivity index (χ1v) is 11.8. The van der Waals surface area contributed by atoms with E-state index in [9.17, 15) is 18.4 Å². The number of aromatic amines is 1. The van der Waals surface area contributed by atoms with E-state index in [1.807, 2.05) is 42.5 Å². The summed E-state index contributed by atoms with van der Waals surface area (Å²) in [4.78, 5) is 25.9. The van der Waals surface area contributed by atoms with Crippen LogP contribution in [0.2, 0.25) is 0 Å². The molecule has 0 bridgehead atoms. The van der Waals surface area contributed by atoms with Gasteiger partial charge in [-0.15, -0.1) is 0 Å². The number of H-pyrrole nitrogens is 1. The molecule has 3 aromatic heterocycles. The number of rotatable bonds is 8. The quantitative estimate of drug-likeness (QED) is 0.279. The predicted octanol–water partition coefficient (Wildman–Crippen LogP) is 5.63. The number of nitrogens with zero attached hydrogens (tertiary/aromatic N) is 3. The van der Waals surface area contributed by atoms with Gasteiger partial charge in [0.25, 0.3) is 5.56 Å². The van der Waals surface area contributed by atoms with Gasteiger partial charge in [-0.2, -0.15) is 5.10 Å². The molecule has 0 spiro atoms. The van der Waals surface area contributed by atoms with E-state index in [4.69, 9.17) is 4.42 Å². The molecule has 5 rings (SSSR count). The van der Waals surface area contributed by atoms with Crippen molar-refractivity contribution in [3.8, 4) is 11.5 Å². The second-order valence-electron chi connectivity index (χ2n) is 8.81. The van der Waals surface area contributed by atoms with E-state index in [0.29, 0.717) is 23.4 Å². The first-order chi connectivity index (χ1) is 17.8. The summed E-state index contributed by atoms with van der Waals surface area (Å²) in [5, 5.41) is 8.30. The number of aromatic nitrogens is 4. The number of carbonyl (C=O) groups is 1. The third-order valence-corrected chi connectivity index (χ3v) is 6.44. The van der Waals surface area contributed by atoms with Crippen LogP contribution in [0, 0.1) is 18.6 Å². The Balaban J connectivity index is 1.26. The normalized spacial score (nSPS) is 11.7. The van der Waals surface area contributed by atoms with Crippen LogP contribution in [0.3, 0.4) is 0 Å². The highest BCUT2D eigenvalue weighted by Crippen LogP contribution is 2.27. The molecule has 0 aliphatic rings. The van der Waals surface area contributed by atoms with Crippen LogP contribution in [-0.2, 0) is 13.6 Å². The van der Waals surface area contributed by atoms with Gasteiger partial charge in [0.05, 0.1) is 18.3 Å². The van der Waals surface area contributed by atoms with Gasteiger partial charge in [0.15, 0.2) is 23.2 Å². The maximum Gasteiger partial charge on any atom is 0.278 e. The van der Waals surface area contributed by atoms with E-state index in [1.165, 1.54) is 10.7 Å². The van der Waals surface area contributed by atoms with Gasteiger partial charge in [-0.05, 0) is 60.9 Å². The van der Waals surface area contributed by atoms with Gasteiger partial charge >= 0.3 is 0 Å². The van der Waals surface area contributed by atoms with Crippen molar-refractivity contribution >= 4 is 22.8 Å². The van der Waals surface area contributed by atoms with Crippen molar-refractivity contribution in [2.24, 2.45) is 7.05 Å². The molecular weight excluding hydrogens is 478 g/mol. The van der Waals surface area contributed by atoms with Crippen molar-refractivity contribution in [3.05, 3.63) is 105 Å². The highest BCUT2D eigenvalue weighted by molar-refractivity contribution is 5.97. The second-order valence-corrected chi connectivity index (χ2v) is 8.81. The second kappa shape index (κ2) is 9.85. The highest BCUT2D eigenvalue weighted by Gasteiger charge is 2.21. The van der Waals surface area contributed by atoms with Crippen LogP contribution in [0.5, 0.6) is 0 Å². The first kappa shape index (κ1) is 24.2. The fourth-order valence-corrected chi connectivity index (χ4v) is 4.37. The molecule has 1 N–H and O–H groups in total. The molecule has 0 fully saturated rings. The summed E-state index contributed by atoms with van der Waals surface area (Å²) in [5.74, 6) is -1.51. The van der Waals surface area contributed by atoms with Gasteiger partial charge in [-0.1, -0.05) is 24.3 Å². The molecule has 37 heavy (non-hydrogen) atoms. The van der Waals surface area contributed by atoms with Crippen LogP contribution in [0.15, 0.2) is 70.1 Å². The van der Waals surface area contributed by atoms with Crippen molar-refractivity contribution in [2.75, 3.05) is 0 Å². The lowest BCUT2D eigenvalue weighted by Gasteiger charge is -2.08. The lowest BCUT2D eigenvalue weighted by atomic mass is 10.1. The summed E-state index contributed by atoms with van der Waals surface area (Å²) in [5.41, 5.74) is 3.17. The number of nitrogens with one attached hydrogen (secondary N) is 1. The maximum absolute atomic E-state index is 13.6. The minimum absolute atomic E-state index is 0.0261. The molecule has 7 nitrogen and oxygen atoms in total. The largest absolute Gasteiger partial charge is 0.463 e. The average Bonchev–Trinajstić information content (AvgIpc) is 3.60. The summed E-state index contributed by atoms with van der Waals surface area (Å²) >= 11 is 0. The summed E-state index contributed by atoms with van der Waals surface area (Å²) in [7, 11) is 1.66. The van der Waals surface area contributed by atoms with Crippen LogP contribution in [0.4, 0.5) is 8.78 Å². The number of Topliss-reactive ketones (excluding diaryl/α,β-unsaturated/α-hetero) is 1. The van der Waals surface area contributed by atoms with Crippen LogP contribution < -0.4 is 5.56 Å². The summed E-state index contributed by atoms with van der Waals surface area (Å²) in [6, 6.07) is 13.0. The maximum atomic E-state index is 13.6. The van der Waals surface area contributed by atoms with Crippen LogP contribution in [0.25, 0.3) is 28.4 Å². The van der Waals surface area contributed by atoms with Gasteiger partial charge in [-0.25, -0.2) is 13.5 Å². The molecule has 5 aromatic rings. The molecule has 0 unspecified atom stereocenters. The number of carbonyl (C=O) groups excluding carboxylic acids is 1. The van der Waals surface area contributed by atoms with Crippen molar-refractivity contribution in [2.45, 2.75) is 26.3 Å². The summed E-state index contributed by atoms with van der Waals surface area (Å²) in [6.45, 7) is 1.72. The van der Waals surface area contributed by atoms with E-state index in [-0.39, 0.29) is 24.3 Å². The summed E-state index contributed by atoms with van der Waals surface area (Å²) in [6.07, 6.45) is 6.03. The molecule has 0 amide bonds. The standard InChI is InChI=1S/C28H24F2N4O3/c1-17-26(28(36)34(33(17)2)16-19-10-12-21(29)22(30)14-19)24(35)7-4-3-6-18-9-11-20-23(15-18)31-32-27(20)25-8-5-13-37-25/h3,5-6,8-15H,4,7,16H2,1-2H3,(H,31,32)/b6-3-. The molecule has 0 atom stereocenters. The van der Waals surface area contributed by atoms with E-state index in [0.717, 1.165) is 34.3 Å². The van der Waals surface area contributed by atoms with E-state index < -0.39 is 17.2 Å². The van der Waals surface area contributed by atoms with Gasteiger partial charge in [0.1, 0.15) is 11.3 Å². The first-order valence-electron chi connectivity index (χ1n) is 11.8. The average molecular weight is 503 g/mol. The molecule has 2 aromatic carbocycles. The predicted molar refractivity (Wildman–Crippen MR) is 136 cm³/mol. The third-order valence-electron chi connectivity index (χ3n) is 6.44. The molecule has 0 saturated heterocycles.